The predicted molar refractivity (Wildman–Crippen MR) is 50.9 cm³/mol. The third-order valence-electron chi connectivity index (χ3n) is 1.86. The molecule has 0 bridgehead atoms. The number of rotatable bonds is 0. The second-order valence-electron chi connectivity index (χ2n) is 2.72. The van der Waals surface area contributed by atoms with Crippen molar-refractivity contribution in [2.75, 3.05) is 0 Å². The molecule has 1 unspecified atom stereocenters. The minimum Gasteiger partial charge on any atom is -0.267 e. The van der Waals surface area contributed by atoms with Crippen LogP contribution in [0.4, 0.5) is 4.39 Å². The second-order valence-corrected chi connectivity index (χ2v) is 3.70. The Morgan fingerprint density at radius 3 is 3.00 bits per heavy atom. The van der Waals surface area contributed by atoms with E-state index in [0.717, 1.165) is 0 Å². The molecule has 13 heavy (non-hydrogen) atoms. The third kappa shape index (κ3) is 1.42. The summed E-state index contributed by atoms with van der Waals surface area (Å²) in [7, 11) is 0. The summed E-state index contributed by atoms with van der Waals surface area (Å²) in [4.78, 5) is 14.7. The summed E-state index contributed by atoms with van der Waals surface area (Å²) in [5.74, 6) is -0.656. The fourth-order valence-corrected chi connectivity index (χ4v) is 1.74. The van der Waals surface area contributed by atoms with Crippen LogP contribution in [0, 0.1) is 5.82 Å². The first-order chi connectivity index (χ1) is 6.18. The minimum absolute atomic E-state index is 0.170. The normalized spacial score (nSPS) is 20.2. The van der Waals surface area contributed by atoms with Gasteiger partial charge in [0.25, 0.3) is 5.91 Å². The van der Waals surface area contributed by atoms with E-state index in [1.165, 1.54) is 24.4 Å². The van der Waals surface area contributed by atoms with Gasteiger partial charge in [-0.05, 0) is 23.8 Å². The van der Waals surface area contributed by atoms with Gasteiger partial charge in [0.15, 0.2) is 0 Å². The van der Waals surface area contributed by atoms with Crippen LogP contribution in [0.3, 0.4) is 0 Å². The molecule has 1 atom stereocenters. The number of halogens is 2. The lowest BCUT2D eigenvalue weighted by molar-refractivity contribution is 0.100. The average molecular weight is 242 g/mol. The maximum Gasteiger partial charge on any atom is 0.277 e. The van der Waals surface area contributed by atoms with E-state index in [9.17, 15) is 9.18 Å². The molecule has 0 saturated heterocycles. The van der Waals surface area contributed by atoms with E-state index in [4.69, 9.17) is 0 Å². The number of aliphatic imine (C=N–C) groups is 1. The summed E-state index contributed by atoms with van der Waals surface area (Å²) in [6, 6.07) is 4.06. The first kappa shape index (κ1) is 8.56. The van der Waals surface area contributed by atoms with Crippen LogP contribution < -0.4 is 0 Å². The van der Waals surface area contributed by atoms with Crippen LogP contribution in [0.25, 0.3) is 0 Å². The first-order valence-corrected chi connectivity index (χ1v) is 4.62. The molecular weight excluding hydrogens is 237 g/mol. The van der Waals surface area contributed by atoms with E-state index in [1.54, 1.807) is 0 Å². The van der Waals surface area contributed by atoms with Crippen LogP contribution in [0.1, 0.15) is 20.7 Å². The fraction of sp³-hybridized carbons (Fsp3) is 0.111. The molecule has 0 aliphatic carbocycles. The van der Waals surface area contributed by atoms with Gasteiger partial charge in [-0.25, -0.2) is 9.38 Å². The summed E-state index contributed by atoms with van der Waals surface area (Å²) < 4.78 is 12.8. The molecule has 66 valence electrons. The molecule has 0 radical (unpaired) electrons. The highest BCUT2D eigenvalue weighted by molar-refractivity contribution is 9.09. The van der Waals surface area contributed by atoms with E-state index in [-0.39, 0.29) is 16.6 Å². The highest BCUT2D eigenvalue weighted by atomic mass is 79.9. The summed E-state index contributed by atoms with van der Waals surface area (Å²) in [5, 5.41) is 0. The van der Waals surface area contributed by atoms with Crippen LogP contribution >= 0.6 is 15.9 Å². The number of hydrogen-bond donors (Lipinski definition) is 0. The van der Waals surface area contributed by atoms with Gasteiger partial charge in [-0.1, -0.05) is 15.9 Å². The molecule has 4 heteroatoms. The van der Waals surface area contributed by atoms with Gasteiger partial charge in [-0.3, -0.25) is 4.79 Å². The van der Waals surface area contributed by atoms with Crippen molar-refractivity contribution < 1.29 is 9.18 Å². The topological polar surface area (TPSA) is 29.4 Å². The molecule has 1 heterocycles. The van der Waals surface area contributed by atoms with Crippen molar-refractivity contribution in [2.45, 2.75) is 4.83 Å². The van der Waals surface area contributed by atoms with E-state index in [2.05, 4.69) is 20.9 Å². The zero-order valence-electron chi connectivity index (χ0n) is 6.50. The van der Waals surface area contributed by atoms with Crippen molar-refractivity contribution in [1.82, 2.24) is 0 Å². The first-order valence-electron chi connectivity index (χ1n) is 3.70. The number of nitrogens with zero attached hydrogens (tertiary/aromatic N) is 1. The van der Waals surface area contributed by atoms with E-state index in [1.807, 2.05) is 0 Å². The predicted octanol–water partition coefficient (Wildman–Crippen LogP) is 2.49. The molecular formula is C9H5BrFNO. The Labute approximate surface area is 82.6 Å². The number of benzene rings is 1. The molecule has 0 saturated carbocycles. The standard InChI is InChI=1S/C9H5BrFNO/c10-8-4-12-9(13)6-2-1-5(11)3-7(6)8/h1-4,8H. The lowest BCUT2D eigenvalue weighted by Crippen LogP contribution is -2.10. The van der Waals surface area contributed by atoms with Crippen molar-refractivity contribution in [1.29, 1.82) is 0 Å². The van der Waals surface area contributed by atoms with Gasteiger partial charge in [0.05, 0.1) is 4.83 Å². The molecule has 0 N–H and O–H groups in total. The van der Waals surface area contributed by atoms with Crippen LogP contribution in [-0.2, 0) is 0 Å². The number of amides is 1. The van der Waals surface area contributed by atoms with Crippen LogP contribution in [0.5, 0.6) is 0 Å². The highest BCUT2D eigenvalue weighted by Crippen LogP contribution is 2.28. The minimum atomic E-state index is -0.341. The SMILES string of the molecule is O=C1N=CC(Br)c2cc(F)ccc21. The fourth-order valence-electron chi connectivity index (χ4n) is 1.24. The van der Waals surface area contributed by atoms with E-state index < -0.39 is 0 Å². The number of carbonyl (C=O) groups excluding carboxylic acids is 1. The monoisotopic (exact) mass is 241 g/mol. The second kappa shape index (κ2) is 3.03. The Balaban J connectivity index is 2.62. The maximum absolute atomic E-state index is 12.8. The van der Waals surface area contributed by atoms with Crippen LogP contribution in [-0.4, -0.2) is 12.1 Å². The molecule has 1 aromatic rings. The van der Waals surface area contributed by atoms with Crippen LogP contribution in [0.2, 0.25) is 0 Å². The Bertz CT molecular complexity index is 403. The van der Waals surface area contributed by atoms with Gasteiger partial charge in [0.1, 0.15) is 5.82 Å². The van der Waals surface area contributed by atoms with Crippen LogP contribution in [0.15, 0.2) is 23.2 Å². The van der Waals surface area contributed by atoms with Crippen molar-refractivity contribution in [3.05, 3.63) is 35.1 Å². The third-order valence-corrected chi connectivity index (χ3v) is 2.59. The maximum atomic E-state index is 12.8. The summed E-state index contributed by atoms with van der Waals surface area (Å²) in [6.45, 7) is 0. The molecule has 0 spiro atoms. The van der Waals surface area contributed by atoms with E-state index >= 15 is 0 Å². The van der Waals surface area contributed by atoms with Gasteiger partial charge >= 0.3 is 0 Å². The Morgan fingerprint density at radius 2 is 2.23 bits per heavy atom. The van der Waals surface area contributed by atoms with Crippen molar-refractivity contribution >= 4 is 28.1 Å². The summed E-state index contributed by atoms with van der Waals surface area (Å²) >= 11 is 3.28. The number of carbonyl (C=O) groups is 1. The zero-order valence-corrected chi connectivity index (χ0v) is 8.08. The molecule has 2 nitrogen and oxygen atoms in total. The molecule has 1 amide bonds. The van der Waals surface area contributed by atoms with Crippen molar-refractivity contribution in [3.8, 4) is 0 Å². The van der Waals surface area contributed by atoms with Gasteiger partial charge < -0.3 is 0 Å². The Hall–Kier alpha value is -1.03. The molecule has 0 aromatic heterocycles. The molecule has 1 aromatic carbocycles. The van der Waals surface area contributed by atoms with Crippen molar-refractivity contribution in [2.24, 2.45) is 4.99 Å². The van der Waals surface area contributed by atoms with Gasteiger partial charge in [-0.2, -0.15) is 0 Å². The molecule has 1 aliphatic rings. The highest BCUT2D eigenvalue weighted by Gasteiger charge is 2.20. The summed E-state index contributed by atoms with van der Waals surface area (Å²) in [5.41, 5.74) is 1.10. The van der Waals surface area contributed by atoms with Gasteiger partial charge in [0.2, 0.25) is 0 Å². The van der Waals surface area contributed by atoms with Gasteiger partial charge in [-0.15, -0.1) is 0 Å². The molecule has 0 fully saturated rings. The quantitative estimate of drug-likeness (QED) is 0.642. The summed E-state index contributed by atoms with van der Waals surface area (Å²) in [6.07, 6.45) is 1.46. The number of alkyl halides is 1. The smallest absolute Gasteiger partial charge is 0.267 e. The van der Waals surface area contributed by atoms with Gasteiger partial charge in [0, 0.05) is 11.8 Å². The largest absolute Gasteiger partial charge is 0.277 e. The lowest BCUT2D eigenvalue weighted by atomic mass is 10.0. The lowest BCUT2D eigenvalue weighted by Gasteiger charge is -2.13. The number of fused-ring (bicyclic) bond motifs is 1. The average Bonchev–Trinajstić information content (AvgIpc) is 2.12. The van der Waals surface area contributed by atoms with E-state index in [0.29, 0.717) is 11.1 Å². The van der Waals surface area contributed by atoms with Crippen molar-refractivity contribution in [3.63, 3.8) is 0 Å². The Morgan fingerprint density at radius 1 is 1.46 bits per heavy atom. The Kier molecular flexibility index (Phi) is 2.00. The zero-order chi connectivity index (χ0) is 9.42. The number of hydrogen-bond acceptors (Lipinski definition) is 1. The molecule has 2 rings (SSSR count). The molecule has 1 aliphatic heterocycles.